The number of halogens is 1. The summed E-state index contributed by atoms with van der Waals surface area (Å²) in [5.41, 5.74) is 4.19. The van der Waals surface area contributed by atoms with Crippen LogP contribution in [-0.4, -0.2) is 31.7 Å². The maximum absolute atomic E-state index is 6.06. The van der Waals surface area contributed by atoms with Crippen molar-refractivity contribution in [2.45, 2.75) is 13.1 Å². The quantitative estimate of drug-likeness (QED) is 0.536. The number of nitrogens with zero attached hydrogens (tertiary/aromatic N) is 4. The standard InChI is InChI=1S/C21H20ClN5/c1-26(15-20-23-11-12-24-20)13-17-14-27(19-5-3-2-4-6-19)25-21(17)16-7-9-18(22)10-8-16/h2-12,14H,13,15H2,1H3,(H,23,24). The van der Waals surface area contributed by atoms with E-state index in [1.165, 1.54) is 0 Å². The van der Waals surface area contributed by atoms with Crippen molar-refractivity contribution in [3.8, 4) is 16.9 Å². The van der Waals surface area contributed by atoms with Crippen molar-refractivity contribution in [3.05, 3.63) is 89.6 Å². The first-order valence-corrected chi connectivity index (χ1v) is 9.13. The molecule has 0 atom stereocenters. The van der Waals surface area contributed by atoms with Gasteiger partial charge in [0.2, 0.25) is 0 Å². The van der Waals surface area contributed by atoms with Crippen LogP contribution in [0, 0.1) is 0 Å². The van der Waals surface area contributed by atoms with E-state index < -0.39 is 0 Å². The van der Waals surface area contributed by atoms with Crippen LogP contribution >= 0.6 is 11.6 Å². The summed E-state index contributed by atoms with van der Waals surface area (Å²) < 4.78 is 1.93. The van der Waals surface area contributed by atoms with E-state index >= 15 is 0 Å². The minimum atomic E-state index is 0.720. The molecule has 0 saturated heterocycles. The van der Waals surface area contributed by atoms with Crippen LogP contribution in [0.4, 0.5) is 0 Å². The molecule has 4 rings (SSSR count). The Bertz CT molecular complexity index is 991. The Morgan fingerprint density at radius 3 is 2.52 bits per heavy atom. The molecule has 2 aromatic heterocycles. The average molecular weight is 378 g/mol. The van der Waals surface area contributed by atoms with Crippen LogP contribution in [0.2, 0.25) is 5.02 Å². The third kappa shape index (κ3) is 4.10. The number of hydrogen-bond acceptors (Lipinski definition) is 3. The van der Waals surface area contributed by atoms with E-state index in [0.29, 0.717) is 0 Å². The Labute approximate surface area is 163 Å². The highest BCUT2D eigenvalue weighted by atomic mass is 35.5. The molecular weight excluding hydrogens is 358 g/mol. The molecule has 0 radical (unpaired) electrons. The van der Waals surface area contributed by atoms with Gasteiger partial charge in [-0.2, -0.15) is 5.10 Å². The van der Waals surface area contributed by atoms with Crippen LogP contribution in [0.1, 0.15) is 11.4 Å². The van der Waals surface area contributed by atoms with Crippen LogP contribution in [0.3, 0.4) is 0 Å². The Kier molecular flexibility index (Phi) is 5.05. The third-order valence-corrected chi connectivity index (χ3v) is 4.60. The van der Waals surface area contributed by atoms with Gasteiger partial charge in [-0.05, 0) is 31.3 Å². The maximum atomic E-state index is 6.06. The van der Waals surface area contributed by atoms with E-state index in [1.54, 1.807) is 6.20 Å². The summed E-state index contributed by atoms with van der Waals surface area (Å²) in [6, 6.07) is 18.0. The summed E-state index contributed by atoms with van der Waals surface area (Å²) in [6.07, 6.45) is 5.71. The average Bonchev–Trinajstić information content (AvgIpc) is 3.33. The van der Waals surface area contributed by atoms with Crippen molar-refractivity contribution in [1.82, 2.24) is 24.6 Å². The van der Waals surface area contributed by atoms with Gasteiger partial charge in [-0.1, -0.05) is 41.9 Å². The van der Waals surface area contributed by atoms with Crippen molar-refractivity contribution in [2.75, 3.05) is 7.05 Å². The number of imidazole rings is 1. The van der Waals surface area contributed by atoms with Crippen molar-refractivity contribution < 1.29 is 0 Å². The van der Waals surface area contributed by atoms with Gasteiger partial charge < -0.3 is 4.98 Å². The number of para-hydroxylation sites is 1. The second kappa shape index (κ2) is 7.78. The van der Waals surface area contributed by atoms with Crippen molar-refractivity contribution >= 4 is 11.6 Å². The molecule has 2 aromatic carbocycles. The van der Waals surface area contributed by atoms with Gasteiger partial charge in [-0.3, -0.25) is 4.90 Å². The number of aromatic amines is 1. The molecule has 0 aliphatic heterocycles. The summed E-state index contributed by atoms with van der Waals surface area (Å²) in [7, 11) is 2.08. The SMILES string of the molecule is CN(Cc1ncc[nH]1)Cc1cn(-c2ccccc2)nc1-c1ccc(Cl)cc1. The van der Waals surface area contributed by atoms with E-state index in [1.807, 2.05) is 53.3 Å². The minimum absolute atomic E-state index is 0.720. The molecule has 0 unspecified atom stereocenters. The maximum Gasteiger partial charge on any atom is 0.120 e. The van der Waals surface area contributed by atoms with Gasteiger partial charge in [0, 0.05) is 41.3 Å². The molecule has 0 spiro atoms. The summed E-state index contributed by atoms with van der Waals surface area (Å²) in [6.45, 7) is 1.50. The molecule has 136 valence electrons. The zero-order valence-corrected chi connectivity index (χ0v) is 15.8. The largest absolute Gasteiger partial charge is 0.348 e. The van der Waals surface area contributed by atoms with Gasteiger partial charge >= 0.3 is 0 Å². The van der Waals surface area contributed by atoms with Crippen molar-refractivity contribution in [3.63, 3.8) is 0 Å². The van der Waals surface area contributed by atoms with Crippen LogP contribution < -0.4 is 0 Å². The smallest absolute Gasteiger partial charge is 0.120 e. The molecule has 27 heavy (non-hydrogen) atoms. The van der Waals surface area contributed by atoms with Gasteiger partial charge in [-0.15, -0.1) is 0 Å². The topological polar surface area (TPSA) is 49.7 Å². The molecular formula is C21H20ClN5. The molecule has 0 fully saturated rings. The van der Waals surface area contributed by atoms with E-state index in [9.17, 15) is 0 Å². The fourth-order valence-electron chi connectivity index (χ4n) is 3.08. The Hall–Kier alpha value is -2.89. The summed E-state index contributed by atoms with van der Waals surface area (Å²) in [5, 5.41) is 5.57. The predicted octanol–water partition coefficient (Wildman–Crippen LogP) is 4.55. The lowest BCUT2D eigenvalue weighted by atomic mass is 10.1. The van der Waals surface area contributed by atoms with Crippen LogP contribution in [0.5, 0.6) is 0 Å². The van der Waals surface area contributed by atoms with Gasteiger partial charge in [0.05, 0.1) is 17.9 Å². The molecule has 2 heterocycles. The molecule has 0 amide bonds. The lowest BCUT2D eigenvalue weighted by molar-refractivity contribution is 0.312. The predicted molar refractivity (Wildman–Crippen MR) is 108 cm³/mol. The van der Waals surface area contributed by atoms with Crippen LogP contribution in [0.15, 0.2) is 73.2 Å². The summed E-state index contributed by atoms with van der Waals surface area (Å²) in [5.74, 6) is 0.945. The molecule has 6 heteroatoms. The Morgan fingerprint density at radius 2 is 1.81 bits per heavy atom. The minimum Gasteiger partial charge on any atom is -0.348 e. The second-order valence-electron chi connectivity index (χ2n) is 6.50. The Morgan fingerprint density at radius 1 is 1.04 bits per heavy atom. The normalized spacial score (nSPS) is 11.2. The first-order chi connectivity index (χ1) is 13.2. The highest BCUT2D eigenvalue weighted by molar-refractivity contribution is 6.30. The van der Waals surface area contributed by atoms with E-state index in [4.69, 9.17) is 16.7 Å². The lowest BCUT2D eigenvalue weighted by Gasteiger charge is -2.15. The fraction of sp³-hybridized carbons (Fsp3) is 0.143. The van der Waals surface area contributed by atoms with Crippen molar-refractivity contribution in [1.29, 1.82) is 0 Å². The number of hydrogen-bond donors (Lipinski definition) is 1. The lowest BCUT2D eigenvalue weighted by Crippen LogP contribution is -2.18. The molecule has 0 saturated carbocycles. The van der Waals surface area contributed by atoms with Crippen LogP contribution in [0.25, 0.3) is 16.9 Å². The van der Waals surface area contributed by atoms with Crippen molar-refractivity contribution in [2.24, 2.45) is 0 Å². The van der Waals surface area contributed by atoms with Gasteiger partial charge in [0.1, 0.15) is 5.82 Å². The van der Waals surface area contributed by atoms with E-state index in [-0.39, 0.29) is 0 Å². The molecule has 0 aliphatic carbocycles. The number of aromatic nitrogens is 4. The fourth-order valence-corrected chi connectivity index (χ4v) is 3.20. The molecule has 0 aliphatic rings. The molecule has 5 nitrogen and oxygen atoms in total. The van der Waals surface area contributed by atoms with E-state index in [2.05, 4.69) is 40.2 Å². The first-order valence-electron chi connectivity index (χ1n) is 8.76. The molecule has 4 aromatic rings. The number of nitrogens with one attached hydrogen (secondary N) is 1. The first kappa shape index (κ1) is 17.5. The van der Waals surface area contributed by atoms with E-state index in [0.717, 1.165) is 46.4 Å². The van der Waals surface area contributed by atoms with Gasteiger partial charge in [-0.25, -0.2) is 9.67 Å². The zero-order valence-electron chi connectivity index (χ0n) is 15.0. The van der Waals surface area contributed by atoms with Gasteiger partial charge in [0.15, 0.2) is 0 Å². The van der Waals surface area contributed by atoms with Crippen LogP contribution in [-0.2, 0) is 13.1 Å². The Balaban J connectivity index is 1.67. The van der Waals surface area contributed by atoms with Gasteiger partial charge in [0.25, 0.3) is 0 Å². The number of rotatable bonds is 6. The summed E-state index contributed by atoms with van der Waals surface area (Å²) in [4.78, 5) is 9.67. The third-order valence-electron chi connectivity index (χ3n) is 4.34. The highest BCUT2D eigenvalue weighted by Gasteiger charge is 2.15. The highest BCUT2D eigenvalue weighted by Crippen LogP contribution is 2.26. The molecule has 0 bridgehead atoms. The zero-order chi connectivity index (χ0) is 18.6. The molecule has 1 N–H and O–H groups in total. The summed E-state index contributed by atoms with van der Waals surface area (Å²) >= 11 is 6.06. The monoisotopic (exact) mass is 377 g/mol. The number of H-pyrrole nitrogens is 1. The number of benzene rings is 2. The second-order valence-corrected chi connectivity index (χ2v) is 6.93.